The molecule has 0 saturated carbocycles. The Balaban J connectivity index is 3.51. The van der Waals surface area contributed by atoms with Gasteiger partial charge in [-0.1, -0.05) is 0 Å². The van der Waals surface area contributed by atoms with Gasteiger partial charge in [0, 0.05) is 6.07 Å². The summed E-state index contributed by atoms with van der Waals surface area (Å²) in [6.07, 6.45) is 0. The molecule has 0 spiro atoms. The molecule has 0 bridgehead atoms. The average molecular weight is 137 g/mol. The predicted octanol–water partition coefficient (Wildman–Crippen LogP) is -1.07. The predicted molar refractivity (Wildman–Crippen MR) is 32.4 cm³/mol. The molecule has 5 nitrogen and oxygen atoms in total. The molecule has 0 aromatic carbocycles. The van der Waals surface area contributed by atoms with Crippen molar-refractivity contribution >= 4 is 0 Å². The smallest absolute Gasteiger partial charge is 0.298 e. The van der Waals surface area contributed by atoms with Crippen LogP contribution < -0.4 is 11.2 Å². The van der Waals surface area contributed by atoms with E-state index in [-0.39, 0.29) is 5.69 Å². The lowest BCUT2D eigenvalue weighted by Gasteiger charge is -1.82. The molecule has 0 unspecified atom stereocenters. The summed E-state index contributed by atoms with van der Waals surface area (Å²) in [4.78, 5) is 24.9. The number of aromatic nitrogens is 2. The van der Waals surface area contributed by atoms with Crippen molar-refractivity contribution in [2.75, 3.05) is 0 Å². The molecule has 0 aliphatic rings. The van der Waals surface area contributed by atoms with Crippen molar-refractivity contribution < 1.29 is 0 Å². The summed E-state index contributed by atoms with van der Waals surface area (Å²) in [5, 5.41) is 8.21. The highest BCUT2D eigenvalue weighted by Crippen LogP contribution is 1.75. The SMILES string of the molecule is N#Cc1cc(=O)[nH]c(=O)[nH]1. The number of hydrogen-bond donors (Lipinski definition) is 2. The largest absolute Gasteiger partial charge is 0.326 e. The summed E-state index contributed by atoms with van der Waals surface area (Å²) in [6.45, 7) is 0. The maximum absolute atomic E-state index is 10.4. The van der Waals surface area contributed by atoms with Gasteiger partial charge >= 0.3 is 5.69 Å². The molecule has 0 amide bonds. The van der Waals surface area contributed by atoms with E-state index >= 15 is 0 Å². The first-order valence-electron chi connectivity index (χ1n) is 2.46. The van der Waals surface area contributed by atoms with E-state index in [0.717, 1.165) is 6.07 Å². The number of rotatable bonds is 0. The fourth-order valence-electron chi connectivity index (χ4n) is 0.529. The third-order valence-corrected chi connectivity index (χ3v) is 0.881. The zero-order valence-corrected chi connectivity index (χ0v) is 4.84. The van der Waals surface area contributed by atoms with E-state index in [1.165, 1.54) is 0 Å². The molecule has 2 N–H and O–H groups in total. The molecule has 1 aromatic heterocycles. The average Bonchev–Trinajstić information content (AvgIpc) is 1.85. The first-order chi connectivity index (χ1) is 4.72. The van der Waals surface area contributed by atoms with Crippen molar-refractivity contribution in [1.82, 2.24) is 9.97 Å². The van der Waals surface area contributed by atoms with Crippen LogP contribution in [0.4, 0.5) is 0 Å². The van der Waals surface area contributed by atoms with Gasteiger partial charge in [-0.05, 0) is 0 Å². The summed E-state index contributed by atoms with van der Waals surface area (Å²) in [7, 11) is 0. The van der Waals surface area contributed by atoms with Gasteiger partial charge in [-0.3, -0.25) is 14.8 Å². The van der Waals surface area contributed by atoms with Gasteiger partial charge in [0.25, 0.3) is 5.56 Å². The minimum absolute atomic E-state index is 0.0336. The molecule has 1 aromatic rings. The van der Waals surface area contributed by atoms with Crippen molar-refractivity contribution in [2.24, 2.45) is 0 Å². The van der Waals surface area contributed by atoms with Crippen LogP contribution in [0.2, 0.25) is 0 Å². The molecular formula is C5H3N3O2. The lowest BCUT2D eigenvalue weighted by molar-refractivity contribution is 1.02. The van der Waals surface area contributed by atoms with Crippen molar-refractivity contribution in [2.45, 2.75) is 0 Å². The minimum atomic E-state index is -0.663. The quantitative estimate of drug-likeness (QED) is 0.477. The zero-order valence-electron chi connectivity index (χ0n) is 4.84. The van der Waals surface area contributed by atoms with E-state index in [4.69, 9.17) is 5.26 Å². The van der Waals surface area contributed by atoms with Crippen LogP contribution in [0.15, 0.2) is 15.7 Å². The Morgan fingerprint density at radius 2 is 2.10 bits per heavy atom. The normalized spacial score (nSPS) is 8.70. The fourth-order valence-corrected chi connectivity index (χ4v) is 0.529. The van der Waals surface area contributed by atoms with E-state index in [2.05, 4.69) is 4.98 Å². The molecule has 0 fully saturated rings. The number of nitrogens with zero attached hydrogens (tertiary/aromatic N) is 1. The zero-order chi connectivity index (χ0) is 7.56. The maximum atomic E-state index is 10.4. The van der Waals surface area contributed by atoms with Gasteiger partial charge in [-0.15, -0.1) is 0 Å². The Hall–Kier alpha value is -1.83. The Bertz CT molecular complexity index is 353. The molecular weight excluding hydrogens is 134 g/mol. The molecule has 0 aliphatic carbocycles. The minimum Gasteiger partial charge on any atom is -0.298 e. The van der Waals surface area contributed by atoms with E-state index in [1.807, 2.05) is 4.98 Å². The van der Waals surface area contributed by atoms with Crippen LogP contribution in [0.5, 0.6) is 0 Å². The van der Waals surface area contributed by atoms with Gasteiger partial charge in [-0.2, -0.15) is 5.26 Å². The van der Waals surface area contributed by atoms with Gasteiger partial charge in [0.05, 0.1) is 0 Å². The van der Waals surface area contributed by atoms with Crippen LogP contribution >= 0.6 is 0 Å². The van der Waals surface area contributed by atoms with Crippen LogP contribution in [0, 0.1) is 11.3 Å². The number of aromatic amines is 2. The third-order valence-electron chi connectivity index (χ3n) is 0.881. The second kappa shape index (κ2) is 2.19. The van der Waals surface area contributed by atoms with Crippen molar-refractivity contribution in [3.63, 3.8) is 0 Å². The monoisotopic (exact) mass is 137 g/mol. The molecule has 0 radical (unpaired) electrons. The Morgan fingerprint density at radius 3 is 2.60 bits per heavy atom. The van der Waals surface area contributed by atoms with E-state index in [9.17, 15) is 9.59 Å². The maximum Gasteiger partial charge on any atom is 0.326 e. The molecule has 50 valence electrons. The molecule has 0 aliphatic heterocycles. The Morgan fingerprint density at radius 1 is 1.40 bits per heavy atom. The molecule has 0 saturated heterocycles. The second-order valence-corrected chi connectivity index (χ2v) is 1.61. The van der Waals surface area contributed by atoms with E-state index in [1.54, 1.807) is 6.07 Å². The molecule has 1 rings (SSSR count). The highest BCUT2D eigenvalue weighted by molar-refractivity contribution is 5.15. The van der Waals surface area contributed by atoms with Gasteiger partial charge < -0.3 is 0 Å². The Kier molecular flexibility index (Phi) is 1.38. The number of hydrogen-bond acceptors (Lipinski definition) is 3. The van der Waals surface area contributed by atoms with E-state index < -0.39 is 11.2 Å². The highest BCUT2D eigenvalue weighted by atomic mass is 16.2. The Labute approximate surface area is 55.0 Å². The summed E-state index contributed by atoms with van der Waals surface area (Å²) in [6, 6.07) is 2.65. The third kappa shape index (κ3) is 1.11. The highest BCUT2D eigenvalue weighted by Gasteiger charge is 1.91. The van der Waals surface area contributed by atoms with E-state index in [0.29, 0.717) is 0 Å². The topological polar surface area (TPSA) is 89.5 Å². The van der Waals surface area contributed by atoms with Crippen molar-refractivity contribution in [3.8, 4) is 6.07 Å². The molecule has 0 atom stereocenters. The second-order valence-electron chi connectivity index (χ2n) is 1.61. The van der Waals surface area contributed by atoms with Gasteiger partial charge in [0.15, 0.2) is 0 Å². The van der Waals surface area contributed by atoms with Crippen molar-refractivity contribution in [3.05, 3.63) is 32.6 Å². The molecule has 10 heavy (non-hydrogen) atoms. The van der Waals surface area contributed by atoms with Crippen LogP contribution in [0.25, 0.3) is 0 Å². The number of nitriles is 1. The number of nitrogens with one attached hydrogen (secondary N) is 2. The number of H-pyrrole nitrogens is 2. The van der Waals surface area contributed by atoms with Gasteiger partial charge in [0.2, 0.25) is 0 Å². The summed E-state index contributed by atoms with van der Waals surface area (Å²) < 4.78 is 0. The summed E-state index contributed by atoms with van der Waals surface area (Å²) in [5.74, 6) is 0. The fraction of sp³-hybridized carbons (Fsp3) is 0. The molecule has 1 heterocycles. The van der Waals surface area contributed by atoms with Crippen molar-refractivity contribution in [1.29, 1.82) is 5.26 Å². The van der Waals surface area contributed by atoms with Crippen LogP contribution in [0.1, 0.15) is 5.69 Å². The van der Waals surface area contributed by atoms with Gasteiger partial charge in [-0.25, -0.2) is 4.79 Å². The first-order valence-corrected chi connectivity index (χ1v) is 2.46. The summed E-state index contributed by atoms with van der Waals surface area (Å²) >= 11 is 0. The molecule has 5 heteroatoms. The first kappa shape index (κ1) is 6.29. The summed E-state index contributed by atoms with van der Waals surface area (Å²) in [5.41, 5.74) is -1.27. The van der Waals surface area contributed by atoms with Gasteiger partial charge in [0.1, 0.15) is 11.8 Å². The van der Waals surface area contributed by atoms with Crippen LogP contribution in [0.3, 0.4) is 0 Å². The van der Waals surface area contributed by atoms with Crippen LogP contribution in [-0.4, -0.2) is 9.97 Å². The van der Waals surface area contributed by atoms with Crippen LogP contribution in [-0.2, 0) is 0 Å². The lowest BCUT2D eigenvalue weighted by Crippen LogP contribution is -2.21. The lowest BCUT2D eigenvalue weighted by atomic mass is 10.4. The standard InChI is InChI=1S/C5H3N3O2/c6-2-3-1-4(9)8-5(10)7-3/h1H,(H2,7,8,9,10).